The van der Waals surface area contributed by atoms with Crippen molar-refractivity contribution < 1.29 is 19.4 Å². The van der Waals surface area contributed by atoms with Gasteiger partial charge in [-0.25, -0.2) is 4.79 Å². The van der Waals surface area contributed by atoms with E-state index in [0.29, 0.717) is 5.92 Å². The van der Waals surface area contributed by atoms with Crippen LogP contribution in [0.1, 0.15) is 20.3 Å². The molecular formula is C13H16O4. The lowest BCUT2D eigenvalue weighted by Gasteiger charge is -2.54. The first-order chi connectivity index (χ1) is 7.93. The number of allylic oxidation sites excluding steroid dienone is 3. The van der Waals surface area contributed by atoms with Crippen LogP contribution in [-0.2, 0) is 14.3 Å². The minimum Gasteiger partial charge on any atom is -0.490 e. The summed E-state index contributed by atoms with van der Waals surface area (Å²) < 4.78 is 4.83. The van der Waals surface area contributed by atoms with Gasteiger partial charge in [0.05, 0.1) is 6.26 Å². The minimum atomic E-state index is -1.01. The van der Waals surface area contributed by atoms with Gasteiger partial charge in [0.25, 0.3) is 0 Å². The summed E-state index contributed by atoms with van der Waals surface area (Å²) in [4.78, 5) is 22.0. The van der Waals surface area contributed by atoms with Crippen LogP contribution in [0.3, 0.4) is 0 Å². The van der Waals surface area contributed by atoms with Gasteiger partial charge >= 0.3 is 5.97 Å². The second-order valence-electron chi connectivity index (χ2n) is 5.22. The highest BCUT2D eigenvalue weighted by molar-refractivity contribution is 5.96. The molecule has 1 fully saturated rings. The predicted octanol–water partition coefficient (Wildman–Crippen LogP) is 1.77. The quantitative estimate of drug-likeness (QED) is 0.755. The van der Waals surface area contributed by atoms with E-state index < -0.39 is 5.97 Å². The van der Waals surface area contributed by atoms with Crippen LogP contribution < -0.4 is 0 Å². The van der Waals surface area contributed by atoms with E-state index in [1.165, 1.54) is 6.26 Å². The smallest absolute Gasteiger partial charge is 0.341 e. The van der Waals surface area contributed by atoms with Crippen LogP contribution in [0, 0.1) is 17.3 Å². The molecule has 0 heterocycles. The second-order valence-corrected chi connectivity index (χ2v) is 5.22. The van der Waals surface area contributed by atoms with Crippen molar-refractivity contribution in [3.05, 3.63) is 24.0 Å². The number of ketones is 1. The molecule has 0 aromatic rings. The highest BCUT2D eigenvalue weighted by Crippen LogP contribution is 2.58. The standard InChI is InChI=1S/C13H16O4/c1-13(2)9-6-10(13)11(14)5-8(9)3-4-17-7-12(15)16/h3-5,9-10H,6-7H2,1-2H3,(H,15,16)/b4-3-. The minimum absolute atomic E-state index is 0.0261. The van der Waals surface area contributed by atoms with E-state index >= 15 is 0 Å². The molecule has 2 unspecified atom stereocenters. The average Bonchev–Trinajstić information content (AvgIpc) is 2.22. The summed E-state index contributed by atoms with van der Waals surface area (Å²) in [6, 6.07) is 0. The molecular weight excluding hydrogens is 220 g/mol. The van der Waals surface area contributed by atoms with Gasteiger partial charge in [-0.15, -0.1) is 0 Å². The van der Waals surface area contributed by atoms with Crippen molar-refractivity contribution in [3.63, 3.8) is 0 Å². The number of carbonyl (C=O) groups excluding carboxylic acids is 1. The van der Waals surface area contributed by atoms with Crippen LogP contribution in [0.5, 0.6) is 0 Å². The Balaban J connectivity index is 2.02. The fourth-order valence-electron chi connectivity index (χ4n) is 2.75. The van der Waals surface area contributed by atoms with Crippen molar-refractivity contribution in [1.29, 1.82) is 0 Å². The second kappa shape index (κ2) is 4.02. The normalized spacial score (nSPS) is 29.8. The molecule has 1 N–H and O–H groups in total. The fourth-order valence-corrected chi connectivity index (χ4v) is 2.75. The van der Waals surface area contributed by atoms with Crippen molar-refractivity contribution in [1.82, 2.24) is 0 Å². The number of carbonyl (C=O) groups is 2. The molecule has 2 bridgehead atoms. The molecule has 0 aliphatic heterocycles. The molecule has 0 radical (unpaired) electrons. The van der Waals surface area contributed by atoms with Crippen LogP contribution in [0.2, 0.25) is 0 Å². The summed E-state index contributed by atoms with van der Waals surface area (Å²) in [7, 11) is 0. The molecule has 0 spiro atoms. The molecule has 4 heteroatoms. The first-order valence-corrected chi connectivity index (χ1v) is 5.68. The zero-order valence-corrected chi connectivity index (χ0v) is 9.97. The third kappa shape index (κ3) is 1.99. The monoisotopic (exact) mass is 236 g/mol. The van der Waals surface area contributed by atoms with Gasteiger partial charge in [0.2, 0.25) is 0 Å². The zero-order chi connectivity index (χ0) is 12.6. The molecule has 4 nitrogen and oxygen atoms in total. The van der Waals surface area contributed by atoms with Gasteiger partial charge in [0, 0.05) is 5.92 Å². The van der Waals surface area contributed by atoms with E-state index in [-0.39, 0.29) is 23.7 Å². The summed E-state index contributed by atoms with van der Waals surface area (Å²) in [6.07, 6.45) is 5.64. The van der Waals surface area contributed by atoms with Crippen LogP contribution in [0.4, 0.5) is 0 Å². The van der Waals surface area contributed by atoms with Crippen LogP contribution in [-0.4, -0.2) is 23.5 Å². The zero-order valence-electron chi connectivity index (χ0n) is 9.97. The molecule has 1 saturated carbocycles. The molecule has 3 aliphatic rings. The predicted molar refractivity (Wildman–Crippen MR) is 61.2 cm³/mol. The Morgan fingerprint density at radius 1 is 1.59 bits per heavy atom. The number of carboxylic acid groups (broad SMARTS) is 1. The summed E-state index contributed by atoms with van der Waals surface area (Å²) in [6.45, 7) is 3.85. The van der Waals surface area contributed by atoms with Crippen molar-refractivity contribution in [2.75, 3.05) is 6.61 Å². The SMILES string of the molecule is CC1(C)C2CC1C(/C=C\OCC(=O)O)=CC2=O. The van der Waals surface area contributed by atoms with E-state index in [9.17, 15) is 9.59 Å². The van der Waals surface area contributed by atoms with E-state index in [1.807, 2.05) is 0 Å². The molecule has 3 aliphatic carbocycles. The van der Waals surface area contributed by atoms with Crippen molar-refractivity contribution in [2.24, 2.45) is 17.3 Å². The van der Waals surface area contributed by atoms with Gasteiger partial charge in [0.1, 0.15) is 0 Å². The molecule has 0 aromatic carbocycles. The topological polar surface area (TPSA) is 63.6 Å². The van der Waals surface area contributed by atoms with Crippen molar-refractivity contribution in [3.8, 4) is 0 Å². The largest absolute Gasteiger partial charge is 0.490 e. The van der Waals surface area contributed by atoms with Gasteiger partial charge in [0.15, 0.2) is 12.4 Å². The molecule has 0 aromatic heterocycles. The molecule has 3 rings (SSSR count). The van der Waals surface area contributed by atoms with E-state index in [0.717, 1.165) is 12.0 Å². The number of hydrogen-bond donors (Lipinski definition) is 1. The number of ether oxygens (including phenoxy) is 1. The van der Waals surface area contributed by atoms with Gasteiger partial charge < -0.3 is 9.84 Å². The third-order valence-corrected chi connectivity index (χ3v) is 3.89. The molecule has 2 atom stereocenters. The Morgan fingerprint density at radius 3 is 2.82 bits per heavy atom. The maximum atomic E-state index is 11.8. The van der Waals surface area contributed by atoms with Crippen LogP contribution in [0.25, 0.3) is 0 Å². The first kappa shape index (κ1) is 11.9. The third-order valence-electron chi connectivity index (χ3n) is 3.89. The van der Waals surface area contributed by atoms with Gasteiger partial charge in [-0.05, 0) is 35.5 Å². The van der Waals surface area contributed by atoms with Crippen molar-refractivity contribution in [2.45, 2.75) is 20.3 Å². The van der Waals surface area contributed by atoms with Gasteiger partial charge in [-0.3, -0.25) is 4.79 Å². The Morgan fingerprint density at radius 2 is 2.29 bits per heavy atom. The first-order valence-electron chi connectivity index (χ1n) is 5.68. The van der Waals surface area contributed by atoms with E-state index in [1.54, 1.807) is 12.2 Å². The molecule has 92 valence electrons. The summed E-state index contributed by atoms with van der Waals surface area (Å²) in [5.74, 6) is -0.290. The van der Waals surface area contributed by atoms with Crippen molar-refractivity contribution >= 4 is 11.8 Å². The van der Waals surface area contributed by atoms with Crippen LogP contribution in [0.15, 0.2) is 24.0 Å². The highest BCUT2D eigenvalue weighted by atomic mass is 16.5. The Kier molecular flexibility index (Phi) is 2.81. The lowest BCUT2D eigenvalue weighted by atomic mass is 9.48. The number of fused-ring (bicyclic) bond motifs is 1. The number of hydrogen-bond acceptors (Lipinski definition) is 3. The summed E-state index contributed by atoms with van der Waals surface area (Å²) in [5.41, 5.74) is 0.978. The van der Waals surface area contributed by atoms with Gasteiger partial charge in [-0.2, -0.15) is 0 Å². The van der Waals surface area contributed by atoms with Gasteiger partial charge in [-0.1, -0.05) is 13.8 Å². The molecule has 17 heavy (non-hydrogen) atoms. The Labute approximate surface area is 100.0 Å². The lowest BCUT2D eigenvalue weighted by Crippen LogP contribution is -2.52. The lowest BCUT2D eigenvalue weighted by molar-refractivity contribution is -0.140. The molecule has 0 saturated heterocycles. The Hall–Kier alpha value is -1.58. The highest BCUT2D eigenvalue weighted by Gasteiger charge is 2.54. The average molecular weight is 236 g/mol. The maximum Gasteiger partial charge on any atom is 0.341 e. The summed E-state index contributed by atoms with van der Waals surface area (Å²) in [5, 5.41) is 8.41. The number of aliphatic carboxylic acids is 1. The number of carboxylic acids is 1. The maximum absolute atomic E-state index is 11.8. The van der Waals surface area contributed by atoms with E-state index in [4.69, 9.17) is 9.84 Å². The van der Waals surface area contributed by atoms with E-state index in [2.05, 4.69) is 13.8 Å². The Bertz CT molecular complexity index is 417. The number of rotatable bonds is 4. The summed E-state index contributed by atoms with van der Waals surface area (Å²) >= 11 is 0. The fraction of sp³-hybridized carbons (Fsp3) is 0.538. The van der Waals surface area contributed by atoms with Crippen LogP contribution >= 0.6 is 0 Å². The molecule has 0 amide bonds.